The molecule has 82 valence electrons. The van der Waals surface area contributed by atoms with Crippen molar-refractivity contribution >= 4 is 0 Å². The average Bonchev–Trinajstić information content (AvgIpc) is 2.17. The number of methoxy groups -OCH3 is 1. The molecule has 1 aromatic rings. The highest BCUT2D eigenvalue weighted by molar-refractivity contribution is 5.42. The molecule has 1 saturated heterocycles. The molecule has 0 bridgehead atoms. The van der Waals surface area contributed by atoms with Gasteiger partial charge in [0.1, 0.15) is 5.60 Å². The number of rotatable bonds is 2. The number of benzene rings is 1. The third-order valence-corrected chi connectivity index (χ3v) is 3.61. The first-order valence-electron chi connectivity index (χ1n) is 5.31. The van der Waals surface area contributed by atoms with E-state index in [1.54, 1.807) is 7.11 Å². The molecule has 1 fully saturated rings. The minimum absolute atomic E-state index is 0.192. The molecule has 1 heterocycles. The van der Waals surface area contributed by atoms with Crippen LogP contribution in [0.1, 0.15) is 22.3 Å². The van der Waals surface area contributed by atoms with E-state index in [4.69, 9.17) is 9.47 Å². The Morgan fingerprint density at radius 1 is 1.13 bits per heavy atom. The molecular formula is C13H18O2. The Morgan fingerprint density at radius 3 is 2.27 bits per heavy atom. The van der Waals surface area contributed by atoms with Crippen LogP contribution in [0, 0.1) is 20.8 Å². The van der Waals surface area contributed by atoms with Gasteiger partial charge in [0.15, 0.2) is 0 Å². The Bertz CT molecular complexity index is 373. The van der Waals surface area contributed by atoms with Gasteiger partial charge in [-0.3, -0.25) is 0 Å². The molecule has 0 aliphatic carbocycles. The molecule has 1 aliphatic rings. The summed E-state index contributed by atoms with van der Waals surface area (Å²) in [6, 6.07) is 4.33. The Labute approximate surface area is 91.2 Å². The highest BCUT2D eigenvalue weighted by Crippen LogP contribution is 2.36. The smallest absolute Gasteiger partial charge is 0.139 e. The monoisotopic (exact) mass is 206 g/mol. The van der Waals surface area contributed by atoms with E-state index in [9.17, 15) is 0 Å². The number of hydrogen-bond donors (Lipinski definition) is 0. The number of ether oxygens (including phenoxy) is 2. The normalized spacial score (nSPS) is 18.7. The van der Waals surface area contributed by atoms with E-state index < -0.39 is 0 Å². The maximum Gasteiger partial charge on any atom is 0.139 e. The molecule has 0 radical (unpaired) electrons. The standard InChI is InChI=1S/C13H18O2/c1-9-5-6-12(11(3)10(9)2)13(14-4)7-15-8-13/h5-6H,7-8H2,1-4H3. The summed E-state index contributed by atoms with van der Waals surface area (Å²) >= 11 is 0. The molecule has 0 amide bonds. The molecule has 0 saturated carbocycles. The predicted octanol–water partition coefficient (Wildman–Crippen LogP) is 2.48. The summed E-state index contributed by atoms with van der Waals surface area (Å²) in [6.07, 6.45) is 0. The molecule has 0 aromatic heterocycles. The van der Waals surface area contributed by atoms with Crippen LogP contribution in [0.4, 0.5) is 0 Å². The van der Waals surface area contributed by atoms with E-state index in [0.29, 0.717) is 13.2 Å². The largest absolute Gasteiger partial charge is 0.375 e. The lowest BCUT2D eigenvalue weighted by molar-refractivity contribution is -0.202. The van der Waals surface area contributed by atoms with Crippen LogP contribution in [0.2, 0.25) is 0 Å². The summed E-state index contributed by atoms with van der Waals surface area (Å²) in [5.74, 6) is 0. The maximum absolute atomic E-state index is 5.61. The highest BCUT2D eigenvalue weighted by atomic mass is 16.6. The van der Waals surface area contributed by atoms with Crippen molar-refractivity contribution in [1.29, 1.82) is 0 Å². The molecule has 0 spiro atoms. The lowest BCUT2D eigenvalue weighted by Gasteiger charge is -2.41. The van der Waals surface area contributed by atoms with Crippen molar-refractivity contribution in [2.75, 3.05) is 20.3 Å². The van der Waals surface area contributed by atoms with Crippen molar-refractivity contribution in [3.8, 4) is 0 Å². The van der Waals surface area contributed by atoms with Gasteiger partial charge in [0.2, 0.25) is 0 Å². The van der Waals surface area contributed by atoms with Gasteiger partial charge < -0.3 is 9.47 Å². The summed E-state index contributed by atoms with van der Waals surface area (Å²) in [6.45, 7) is 7.82. The summed E-state index contributed by atoms with van der Waals surface area (Å²) in [5, 5.41) is 0. The summed E-state index contributed by atoms with van der Waals surface area (Å²) < 4.78 is 10.9. The van der Waals surface area contributed by atoms with E-state index in [-0.39, 0.29) is 5.60 Å². The molecular weight excluding hydrogens is 188 g/mol. The fourth-order valence-electron chi connectivity index (χ4n) is 2.12. The quantitative estimate of drug-likeness (QED) is 0.740. The second-order valence-corrected chi connectivity index (χ2v) is 4.37. The van der Waals surface area contributed by atoms with E-state index in [1.165, 1.54) is 22.3 Å². The lowest BCUT2D eigenvalue weighted by atomic mass is 9.85. The van der Waals surface area contributed by atoms with Crippen LogP contribution in [0.3, 0.4) is 0 Å². The fraction of sp³-hybridized carbons (Fsp3) is 0.538. The van der Waals surface area contributed by atoms with Gasteiger partial charge in [-0.15, -0.1) is 0 Å². The molecule has 2 rings (SSSR count). The Balaban J connectivity index is 2.49. The van der Waals surface area contributed by atoms with Crippen LogP contribution in [-0.4, -0.2) is 20.3 Å². The second-order valence-electron chi connectivity index (χ2n) is 4.37. The van der Waals surface area contributed by atoms with E-state index in [0.717, 1.165) is 0 Å². The zero-order valence-corrected chi connectivity index (χ0v) is 9.89. The number of aryl methyl sites for hydroxylation is 1. The SMILES string of the molecule is COC1(c2ccc(C)c(C)c2C)COC1. The average molecular weight is 206 g/mol. The van der Waals surface area contributed by atoms with Crippen molar-refractivity contribution in [2.24, 2.45) is 0 Å². The Morgan fingerprint density at radius 2 is 1.80 bits per heavy atom. The van der Waals surface area contributed by atoms with Gasteiger partial charge in [0.25, 0.3) is 0 Å². The first-order valence-corrected chi connectivity index (χ1v) is 5.31. The van der Waals surface area contributed by atoms with Gasteiger partial charge in [-0.2, -0.15) is 0 Å². The van der Waals surface area contributed by atoms with Gasteiger partial charge >= 0.3 is 0 Å². The minimum atomic E-state index is -0.192. The maximum atomic E-state index is 5.61. The van der Waals surface area contributed by atoms with Gasteiger partial charge in [0.05, 0.1) is 13.2 Å². The van der Waals surface area contributed by atoms with Crippen molar-refractivity contribution in [2.45, 2.75) is 26.4 Å². The molecule has 0 N–H and O–H groups in total. The van der Waals surface area contributed by atoms with Crippen molar-refractivity contribution in [3.05, 3.63) is 34.4 Å². The van der Waals surface area contributed by atoms with E-state index in [1.807, 2.05) is 0 Å². The van der Waals surface area contributed by atoms with Crippen LogP contribution < -0.4 is 0 Å². The van der Waals surface area contributed by atoms with E-state index >= 15 is 0 Å². The Kier molecular flexibility index (Phi) is 2.57. The first-order chi connectivity index (χ1) is 7.10. The van der Waals surface area contributed by atoms with Gasteiger partial charge in [-0.1, -0.05) is 12.1 Å². The summed E-state index contributed by atoms with van der Waals surface area (Å²) in [4.78, 5) is 0. The molecule has 1 aromatic carbocycles. The van der Waals surface area contributed by atoms with Crippen LogP contribution in [0.25, 0.3) is 0 Å². The molecule has 0 atom stereocenters. The van der Waals surface area contributed by atoms with Crippen molar-refractivity contribution < 1.29 is 9.47 Å². The highest BCUT2D eigenvalue weighted by Gasteiger charge is 2.41. The van der Waals surface area contributed by atoms with Crippen LogP contribution in [0.15, 0.2) is 12.1 Å². The minimum Gasteiger partial charge on any atom is -0.375 e. The third kappa shape index (κ3) is 1.48. The van der Waals surface area contributed by atoms with E-state index in [2.05, 4.69) is 32.9 Å². The fourth-order valence-corrected chi connectivity index (χ4v) is 2.12. The Hall–Kier alpha value is -0.860. The molecule has 2 nitrogen and oxygen atoms in total. The second kappa shape index (κ2) is 3.62. The van der Waals surface area contributed by atoms with Gasteiger partial charge in [0, 0.05) is 7.11 Å². The zero-order chi connectivity index (χ0) is 11.1. The molecule has 1 aliphatic heterocycles. The number of hydrogen-bond acceptors (Lipinski definition) is 2. The van der Waals surface area contributed by atoms with Gasteiger partial charge in [-0.25, -0.2) is 0 Å². The zero-order valence-electron chi connectivity index (χ0n) is 9.89. The molecule has 0 unspecified atom stereocenters. The van der Waals surface area contributed by atoms with Crippen molar-refractivity contribution in [1.82, 2.24) is 0 Å². The van der Waals surface area contributed by atoms with Crippen LogP contribution in [0.5, 0.6) is 0 Å². The molecule has 2 heteroatoms. The predicted molar refractivity (Wildman–Crippen MR) is 60.2 cm³/mol. The van der Waals surface area contributed by atoms with Gasteiger partial charge in [-0.05, 0) is 43.0 Å². The van der Waals surface area contributed by atoms with Crippen LogP contribution >= 0.6 is 0 Å². The van der Waals surface area contributed by atoms with Crippen molar-refractivity contribution in [3.63, 3.8) is 0 Å². The lowest BCUT2D eigenvalue weighted by Crippen LogP contribution is -2.48. The van der Waals surface area contributed by atoms with Crippen LogP contribution in [-0.2, 0) is 15.1 Å². The first kappa shape index (κ1) is 10.7. The molecule has 15 heavy (non-hydrogen) atoms. The summed E-state index contributed by atoms with van der Waals surface area (Å²) in [5.41, 5.74) is 5.11. The topological polar surface area (TPSA) is 18.5 Å². The summed E-state index contributed by atoms with van der Waals surface area (Å²) in [7, 11) is 1.76. The third-order valence-electron chi connectivity index (χ3n) is 3.61.